The highest BCUT2D eigenvalue weighted by atomic mass is 79.9. The molecule has 0 saturated carbocycles. The van der Waals surface area contributed by atoms with Crippen molar-refractivity contribution in [1.82, 2.24) is 15.0 Å². The van der Waals surface area contributed by atoms with Gasteiger partial charge in [-0.05, 0) is 28.4 Å². The van der Waals surface area contributed by atoms with E-state index in [9.17, 15) is 13.2 Å². The molecule has 2 heterocycles. The van der Waals surface area contributed by atoms with Gasteiger partial charge in [0.25, 0.3) is 0 Å². The minimum Gasteiger partial charge on any atom is -0.352 e. The van der Waals surface area contributed by atoms with E-state index in [-0.39, 0.29) is 29.2 Å². The highest BCUT2D eigenvalue weighted by molar-refractivity contribution is 9.10. The van der Waals surface area contributed by atoms with Gasteiger partial charge in [0.05, 0.1) is 0 Å². The number of nitrogens with two attached hydrogens (primary N) is 1. The van der Waals surface area contributed by atoms with Gasteiger partial charge in [0, 0.05) is 29.7 Å². The van der Waals surface area contributed by atoms with Crippen molar-refractivity contribution in [2.75, 3.05) is 12.0 Å². The van der Waals surface area contributed by atoms with Gasteiger partial charge in [-0.2, -0.15) is 0 Å². The third kappa shape index (κ3) is 3.45. The van der Waals surface area contributed by atoms with Crippen molar-refractivity contribution < 1.29 is 13.2 Å². The zero-order chi connectivity index (χ0) is 14.8. The molecule has 1 aliphatic heterocycles. The number of amides is 1. The van der Waals surface area contributed by atoms with Gasteiger partial charge in [-0.25, -0.2) is 24.0 Å². The molecule has 1 aromatic heterocycles. The Kier molecular flexibility index (Phi) is 4.58. The SMILES string of the molecule is NNc1ncc(Br)cc1S(=O)(=O)NCC1CCC(=O)N1. The zero-order valence-corrected chi connectivity index (χ0v) is 12.8. The van der Waals surface area contributed by atoms with Crippen LogP contribution in [0.3, 0.4) is 0 Å². The van der Waals surface area contributed by atoms with Crippen molar-refractivity contribution in [2.45, 2.75) is 23.8 Å². The Balaban J connectivity index is 2.14. The van der Waals surface area contributed by atoms with Gasteiger partial charge in [-0.3, -0.25) is 4.79 Å². The van der Waals surface area contributed by atoms with Crippen LogP contribution in [0.25, 0.3) is 0 Å². The summed E-state index contributed by atoms with van der Waals surface area (Å²) >= 11 is 3.16. The van der Waals surface area contributed by atoms with Crippen LogP contribution in [-0.2, 0) is 14.8 Å². The molecular formula is C10H14BrN5O3S. The summed E-state index contributed by atoms with van der Waals surface area (Å²) in [6.07, 6.45) is 2.46. The molecular weight excluding hydrogens is 350 g/mol. The monoisotopic (exact) mass is 363 g/mol. The topological polar surface area (TPSA) is 126 Å². The van der Waals surface area contributed by atoms with Gasteiger partial charge in [0.2, 0.25) is 15.9 Å². The highest BCUT2D eigenvalue weighted by Gasteiger charge is 2.25. The van der Waals surface area contributed by atoms with E-state index in [0.29, 0.717) is 17.3 Å². The van der Waals surface area contributed by atoms with Gasteiger partial charge >= 0.3 is 0 Å². The molecule has 1 fully saturated rings. The van der Waals surface area contributed by atoms with Gasteiger partial charge < -0.3 is 10.7 Å². The number of carbonyl (C=O) groups excluding carboxylic acids is 1. The minimum atomic E-state index is -3.77. The molecule has 2 rings (SSSR count). The van der Waals surface area contributed by atoms with Crippen LogP contribution in [0.1, 0.15) is 12.8 Å². The number of halogens is 1. The summed E-state index contributed by atoms with van der Waals surface area (Å²) < 4.78 is 27.4. The molecule has 8 nitrogen and oxygen atoms in total. The number of sulfonamides is 1. The Morgan fingerprint density at radius 1 is 1.55 bits per heavy atom. The second kappa shape index (κ2) is 6.04. The summed E-state index contributed by atoms with van der Waals surface area (Å²) in [5.41, 5.74) is 2.24. The fourth-order valence-corrected chi connectivity index (χ4v) is 3.56. The zero-order valence-electron chi connectivity index (χ0n) is 10.4. The predicted octanol–water partition coefficient (Wildman–Crippen LogP) is -0.313. The first-order valence-corrected chi connectivity index (χ1v) is 8.11. The molecule has 1 amide bonds. The number of nitrogens with one attached hydrogen (secondary N) is 3. The Bertz CT molecular complexity index is 621. The first kappa shape index (κ1) is 15.2. The Hall–Kier alpha value is -1.23. The van der Waals surface area contributed by atoms with Crippen LogP contribution < -0.4 is 21.3 Å². The van der Waals surface area contributed by atoms with Crippen LogP contribution in [0.2, 0.25) is 0 Å². The minimum absolute atomic E-state index is 0.0520. The van der Waals surface area contributed by atoms with Crippen molar-refractivity contribution in [2.24, 2.45) is 5.84 Å². The number of hydrogen-bond donors (Lipinski definition) is 4. The van der Waals surface area contributed by atoms with E-state index in [1.165, 1.54) is 12.3 Å². The van der Waals surface area contributed by atoms with Crippen LogP contribution in [0.15, 0.2) is 21.6 Å². The molecule has 1 atom stereocenters. The molecule has 0 spiro atoms. The summed E-state index contributed by atoms with van der Waals surface area (Å²) in [6, 6.07) is 1.21. The summed E-state index contributed by atoms with van der Waals surface area (Å²) in [4.78, 5) is 14.9. The van der Waals surface area contributed by atoms with Crippen LogP contribution in [0, 0.1) is 0 Å². The fraction of sp³-hybridized carbons (Fsp3) is 0.400. The van der Waals surface area contributed by atoms with E-state index in [2.05, 4.69) is 36.4 Å². The summed E-state index contributed by atoms with van der Waals surface area (Å²) in [6.45, 7) is 0.130. The molecule has 1 saturated heterocycles. The number of nitrogen functional groups attached to an aromatic ring is 1. The molecule has 0 bridgehead atoms. The number of hydrazine groups is 1. The summed E-state index contributed by atoms with van der Waals surface area (Å²) in [5, 5.41) is 2.69. The Morgan fingerprint density at radius 2 is 2.30 bits per heavy atom. The van der Waals surface area contributed by atoms with Gasteiger partial charge in [-0.1, -0.05) is 0 Å². The molecule has 0 aliphatic carbocycles. The van der Waals surface area contributed by atoms with Crippen LogP contribution in [0.4, 0.5) is 5.82 Å². The average Bonchev–Trinajstić information content (AvgIpc) is 2.82. The number of anilines is 1. The number of rotatable bonds is 5. The molecule has 1 aliphatic rings. The lowest BCUT2D eigenvalue weighted by atomic mass is 10.2. The van der Waals surface area contributed by atoms with Crippen molar-refractivity contribution >= 4 is 37.7 Å². The smallest absolute Gasteiger partial charge is 0.244 e. The van der Waals surface area contributed by atoms with Crippen LogP contribution in [-0.4, -0.2) is 31.9 Å². The number of aromatic nitrogens is 1. The van der Waals surface area contributed by atoms with E-state index >= 15 is 0 Å². The van der Waals surface area contributed by atoms with Crippen molar-refractivity contribution in [3.8, 4) is 0 Å². The average molecular weight is 364 g/mol. The Morgan fingerprint density at radius 3 is 2.90 bits per heavy atom. The van der Waals surface area contributed by atoms with Crippen molar-refractivity contribution in [3.05, 3.63) is 16.7 Å². The van der Waals surface area contributed by atoms with Crippen molar-refractivity contribution in [1.29, 1.82) is 0 Å². The molecule has 10 heteroatoms. The molecule has 20 heavy (non-hydrogen) atoms. The number of carbonyl (C=O) groups is 1. The third-order valence-corrected chi connectivity index (χ3v) is 4.72. The molecule has 0 radical (unpaired) electrons. The second-order valence-electron chi connectivity index (χ2n) is 4.30. The lowest BCUT2D eigenvalue weighted by Gasteiger charge is -2.13. The number of pyridine rings is 1. The van der Waals surface area contributed by atoms with Gasteiger partial charge in [0.15, 0.2) is 5.82 Å². The number of nitrogens with zero attached hydrogens (tertiary/aromatic N) is 1. The quantitative estimate of drug-likeness (QED) is 0.419. The molecule has 5 N–H and O–H groups in total. The maximum absolute atomic E-state index is 12.2. The summed E-state index contributed by atoms with van der Waals surface area (Å²) in [5.74, 6) is 5.24. The molecule has 110 valence electrons. The largest absolute Gasteiger partial charge is 0.352 e. The van der Waals surface area contributed by atoms with Gasteiger partial charge in [-0.15, -0.1) is 0 Å². The third-order valence-electron chi connectivity index (χ3n) is 2.85. The molecule has 0 aromatic carbocycles. The molecule has 1 aromatic rings. The lowest BCUT2D eigenvalue weighted by Crippen LogP contribution is -2.38. The van der Waals surface area contributed by atoms with E-state index in [4.69, 9.17) is 5.84 Å². The first-order chi connectivity index (χ1) is 9.42. The van der Waals surface area contributed by atoms with Crippen LogP contribution in [0.5, 0.6) is 0 Å². The first-order valence-electron chi connectivity index (χ1n) is 5.83. The van der Waals surface area contributed by atoms with E-state index in [0.717, 1.165) is 0 Å². The standard InChI is InChI=1S/C10H14BrN5O3S/c11-6-3-8(10(16-12)13-4-6)20(18,19)14-5-7-1-2-9(17)15-7/h3-4,7,14H,1-2,5,12H2,(H,13,16)(H,15,17). The molecule has 1 unspecified atom stereocenters. The van der Waals surface area contributed by atoms with E-state index in [1.54, 1.807) is 0 Å². The maximum atomic E-state index is 12.2. The fourth-order valence-electron chi connectivity index (χ4n) is 1.85. The Labute approximate surface area is 124 Å². The lowest BCUT2D eigenvalue weighted by molar-refractivity contribution is -0.119. The van der Waals surface area contributed by atoms with E-state index in [1.807, 2.05) is 0 Å². The second-order valence-corrected chi connectivity index (χ2v) is 6.95. The summed E-state index contributed by atoms with van der Waals surface area (Å²) in [7, 11) is -3.77. The van der Waals surface area contributed by atoms with Crippen LogP contribution >= 0.6 is 15.9 Å². The predicted molar refractivity (Wildman–Crippen MR) is 76.1 cm³/mol. The van der Waals surface area contributed by atoms with E-state index < -0.39 is 10.0 Å². The maximum Gasteiger partial charge on any atom is 0.244 e. The highest BCUT2D eigenvalue weighted by Crippen LogP contribution is 2.22. The van der Waals surface area contributed by atoms with Gasteiger partial charge in [0.1, 0.15) is 4.90 Å². The van der Waals surface area contributed by atoms with Crippen molar-refractivity contribution in [3.63, 3.8) is 0 Å². The normalized spacial score (nSPS) is 18.9. The number of hydrogen-bond acceptors (Lipinski definition) is 6.